The second-order valence-corrected chi connectivity index (χ2v) is 7.11. The Labute approximate surface area is 127 Å². The molecule has 0 aromatic rings. The van der Waals surface area contributed by atoms with Crippen molar-refractivity contribution < 1.29 is 9.59 Å². The van der Waals surface area contributed by atoms with Gasteiger partial charge in [0.15, 0.2) is 0 Å². The maximum atomic E-state index is 13.1. The number of nitrogens with zero attached hydrogens (tertiary/aromatic N) is 1. The van der Waals surface area contributed by atoms with Gasteiger partial charge < -0.3 is 10.2 Å². The van der Waals surface area contributed by atoms with Crippen LogP contribution in [0.1, 0.15) is 71.1 Å². The van der Waals surface area contributed by atoms with Crippen LogP contribution in [0.3, 0.4) is 0 Å². The lowest BCUT2D eigenvalue weighted by atomic mass is 9.72. The van der Waals surface area contributed by atoms with Crippen molar-refractivity contribution in [3.05, 3.63) is 0 Å². The molecule has 0 aromatic carbocycles. The molecule has 4 heteroatoms. The molecule has 0 bridgehead atoms. The van der Waals surface area contributed by atoms with E-state index in [4.69, 9.17) is 0 Å². The number of carbonyl (C=O) groups is 2. The maximum Gasteiger partial charge on any atom is 0.245 e. The summed E-state index contributed by atoms with van der Waals surface area (Å²) in [7, 11) is 0. The first-order valence-electron chi connectivity index (χ1n) is 8.77. The van der Waals surface area contributed by atoms with Crippen molar-refractivity contribution in [2.75, 3.05) is 6.54 Å². The van der Waals surface area contributed by atoms with E-state index in [-0.39, 0.29) is 23.4 Å². The largest absolute Gasteiger partial charge is 0.344 e. The SMILES string of the molecule is CCC1(N2CCC(=O)NC(C3CCCCC3)C2=O)CCC1. The second kappa shape index (κ2) is 5.98. The lowest BCUT2D eigenvalue weighted by Crippen LogP contribution is -2.60. The van der Waals surface area contributed by atoms with Gasteiger partial charge in [0.2, 0.25) is 11.8 Å². The summed E-state index contributed by atoms with van der Waals surface area (Å²) in [4.78, 5) is 27.2. The average molecular weight is 292 g/mol. The predicted molar refractivity (Wildman–Crippen MR) is 81.7 cm³/mol. The fourth-order valence-corrected chi connectivity index (χ4v) is 4.46. The highest BCUT2D eigenvalue weighted by molar-refractivity contribution is 5.90. The fourth-order valence-electron chi connectivity index (χ4n) is 4.46. The number of hydrogen-bond acceptors (Lipinski definition) is 2. The van der Waals surface area contributed by atoms with Crippen molar-refractivity contribution >= 4 is 11.8 Å². The molecule has 2 amide bonds. The van der Waals surface area contributed by atoms with E-state index in [2.05, 4.69) is 17.1 Å². The molecule has 1 N–H and O–H groups in total. The number of hydrogen-bond donors (Lipinski definition) is 1. The smallest absolute Gasteiger partial charge is 0.245 e. The third-order valence-electron chi connectivity index (χ3n) is 6.05. The van der Waals surface area contributed by atoms with E-state index in [1.165, 1.54) is 25.7 Å². The Bertz CT molecular complexity index is 406. The topological polar surface area (TPSA) is 49.4 Å². The van der Waals surface area contributed by atoms with Gasteiger partial charge in [0.05, 0.1) is 0 Å². The van der Waals surface area contributed by atoms with E-state index in [9.17, 15) is 9.59 Å². The summed E-state index contributed by atoms with van der Waals surface area (Å²) in [6.07, 6.45) is 10.8. The molecule has 0 radical (unpaired) electrons. The summed E-state index contributed by atoms with van der Waals surface area (Å²) in [6, 6.07) is -0.260. The van der Waals surface area contributed by atoms with Crippen LogP contribution in [0.5, 0.6) is 0 Å². The Morgan fingerprint density at radius 3 is 2.43 bits per heavy atom. The molecule has 3 aliphatic rings. The lowest BCUT2D eigenvalue weighted by Gasteiger charge is -2.50. The normalized spacial score (nSPS) is 30.5. The van der Waals surface area contributed by atoms with Gasteiger partial charge in [-0.1, -0.05) is 26.2 Å². The highest BCUT2D eigenvalue weighted by Crippen LogP contribution is 2.42. The molecular weight excluding hydrogens is 264 g/mol. The van der Waals surface area contributed by atoms with Gasteiger partial charge in [-0.25, -0.2) is 0 Å². The summed E-state index contributed by atoms with van der Waals surface area (Å²) in [5.74, 6) is 0.617. The van der Waals surface area contributed by atoms with Gasteiger partial charge in [-0.05, 0) is 44.4 Å². The van der Waals surface area contributed by atoms with Gasteiger partial charge in [-0.3, -0.25) is 9.59 Å². The lowest BCUT2D eigenvalue weighted by molar-refractivity contribution is -0.145. The molecule has 2 saturated carbocycles. The fraction of sp³-hybridized carbons (Fsp3) is 0.882. The molecule has 118 valence electrons. The number of amides is 2. The molecule has 4 nitrogen and oxygen atoms in total. The first-order valence-corrected chi connectivity index (χ1v) is 8.77. The molecule has 1 saturated heterocycles. The van der Waals surface area contributed by atoms with E-state index < -0.39 is 0 Å². The zero-order valence-electron chi connectivity index (χ0n) is 13.2. The van der Waals surface area contributed by atoms with Gasteiger partial charge in [0.25, 0.3) is 0 Å². The standard InChI is InChI=1S/C17H28N2O2/c1-2-17(10-6-11-17)19-12-9-14(20)18-15(16(19)21)13-7-4-3-5-8-13/h13,15H,2-12H2,1H3,(H,18,20). The molecule has 1 aliphatic heterocycles. The second-order valence-electron chi connectivity index (χ2n) is 7.11. The highest BCUT2D eigenvalue weighted by Gasteiger charge is 2.47. The molecule has 3 fully saturated rings. The number of nitrogens with one attached hydrogen (secondary N) is 1. The average Bonchev–Trinajstić information content (AvgIpc) is 2.61. The quantitative estimate of drug-likeness (QED) is 0.869. The summed E-state index contributed by atoms with van der Waals surface area (Å²) in [5, 5.41) is 3.04. The zero-order valence-corrected chi connectivity index (χ0v) is 13.2. The minimum atomic E-state index is -0.260. The third kappa shape index (κ3) is 2.69. The minimum Gasteiger partial charge on any atom is -0.344 e. The molecule has 1 atom stereocenters. The van der Waals surface area contributed by atoms with Crippen LogP contribution in [0.4, 0.5) is 0 Å². The van der Waals surface area contributed by atoms with Gasteiger partial charge in [-0.2, -0.15) is 0 Å². The Morgan fingerprint density at radius 1 is 1.14 bits per heavy atom. The van der Waals surface area contributed by atoms with Crippen LogP contribution in [0, 0.1) is 5.92 Å². The van der Waals surface area contributed by atoms with E-state index in [1.54, 1.807) is 0 Å². The Balaban J connectivity index is 1.81. The summed E-state index contributed by atoms with van der Waals surface area (Å²) in [5.41, 5.74) is 0.0519. The van der Waals surface area contributed by atoms with Crippen LogP contribution < -0.4 is 5.32 Å². The van der Waals surface area contributed by atoms with Gasteiger partial charge >= 0.3 is 0 Å². The minimum absolute atomic E-state index is 0.0519. The first-order chi connectivity index (χ1) is 10.2. The van der Waals surface area contributed by atoms with Gasteiger partial charge in [0, 0.05) is 18.5 Å². The van der Waals surface area contributed by atoms with Crippen LogP contribution in [0.2, 0.25) is 0 Å². The monoisotopic (exact) mass is 292 g/mol. The van der Waals surface area contributed by atoms with Crippen LogP contribution in [-0.2, 0) is 9.59 Å². The van der Waals surface area contributed by atoms with Crippen LogP contribution >= 0.6 is 0 Å². The molecule has 0 spiro atoms. The third-order valence-corrected chi connectivity index (χ3v) is 6.05. The van der Waals surface area contributed by atoms with Gasteiger partial charge in [-0.15, -0.1) is 0 Å². The van der Waals surface area contributed by atoms with Crippen molar-refractivity contribution in [2.45, 2.75) is 82.7 Å². The van der Waals surface area contributed by atoms with Crippen molar-refractivity contribution in [1.82, 2.24) is 10.2 Å². The van der Waals surface area contributed by atoms with E-state index in [0.29, 0.717) is 18.9 Å². The zero-order chi connectivity index (χ0) is 14.9. The molecule has 2 aliphatic carbocycles. The summed E-state index contributed by atoms with van der Waals surface area (Å²) in [6.45, 7) is 2.80. The van der Waals surface area contributed by atoms with E-state index in [0.717, 1.165) is 32.1 Å². The first kappa shape index (κ1) is 14.9. The molecule has 1 unspecified atom stereocenters. The maximum absolute atomic E-state index is 13.1. The molecule has 1 heterocycles. The van der Waals surface area contributed by atoms with Crippen molar-refractivity contribution in [3.8, 4) is 0 Å². The number of rotatable bonds is 3. The van der Waals surface area contributed by atoms with Crippen LogP contribution in [-0.4, -0.2) is 34.8 Å². The molecule has 21 heavy (non-hydrogen) atoms. The molecule has 0 aromatic heterocycles. The van der Waals surface area contributed by atoms with Crippen LogP contribution in [0.25, 0.3) is 0 Å². The van der Waals surface area contributed by atoms with E-state index >= 15 is 0 Å². The van der Waals surface area contributed by atoms with Crippen LogP contribution in [0.15, 0.2) is 0 Å². The van der Waals surface area contributed by atoms with Crippen molar-refractivity contribution in [3.63, 3.8) is 0 Å². The number of carbonyl (C=O) groups excluding carboxylic acids is 2. The molecular formula is C17H28N2O2. The van der Waals surface area contributed by atoms with Gasteiger partial charge in [0.1, 0.15) is 6.04 Å². The highest BCUT2D eigenvalue weighted by atomic mass is 16.2. The Morgan fingerprint density at radius 2 is 1.86 bits per heavy atom. The summed E-state index contributed by atoms with van der Waals surface area (Å²) < 4.78 is 0. The predicted octanol–water partition coefficient (Wildman–Crippen LogP) is 2.62. The van der Waals surface area contributed by atoms with Crippen molar-refractivity contribution in [1.29, 1.82) is 0 Å². The Hall–Kier alpha value is -1.06. The summed E-state index contributed by atoms with van der Waals surface area (Å²) >= 11 is 0. The van der Waals surface area contributed by atoms with E-state index in [1.807, 2.05) is 0 Å². The Kier molecular flexibility index (Phi) is 4.23. The molecule has 3 rings (SSSR count). The van der Waals surface area contributed by atoms with Crippen molar-refractivity contribution in [2.24, 2.45) is 5.92 Å².